The second kappa shape index (κ2) is 2.60. The summed E-state index contributed by atoms with van der Waals surface area (Å²) in [7, 11) is 0. The van der Waals surface area contributed by atoms with Gasteiger partial charge in [-0.25, -0.2) is 0 Å². The van der Waals surface area contributed by atoms with Crippen molar-refractivity contribution in [1.82, 2.24) is 0 Å². The minimum Gasteiger partial charge on any atom is -0.301 e. The lowest BCUT2D eigenvalue weighted by Crippen LogP contribution is -2.19. The van der Waals surface area contributed by atoms with E-state index >= 15 is 0 Å². The summed E-state index contributed by atoms with van der Waals surface area (Å²) in [5.41, 5.74) is 1.22. The molecule has 64 valence electrons. The Morgan fingerprint density at radius 1 is 1.31 bits per heavy atom. The molecule has 2 aliphatic rings. The van der Waals surface area contributed by atoms with Crippen LogP contribution in [0, 0.1) is 0 Å². The zero-order valence-electron chi connectivity index (χ0n) is 6.84. The van der Waals surface area contributed by atoms with Crippen LogP contribution in [0.4, 0.5) is 5.69 Å². The van der Waals surface area contributed by atoms with E-state index < -0.39 is 0 Å². The third-order valence-electron chi connectivity index (χ3n) is 2.10. The van der Waals surface area contributed by atoms with Gasteiger partial charge in [-0.15, -0.1) is 5.11 Å². The molecule has 0 saturated carbocycles. The molecule has 0 fully saturated rings. The Labute approximate surface area is 80.2 Å². The third kappa shape index (κ3) is 0.986. The lowest BCUT2D eigenvalue weighted by molar-refractivity contribution is 0.986. The average Bonchev–Trinajstić information content (AvgIpc) is 2.65. The number of para-hydroxylation sites is 1. The molecule has 0 spiro atoms. The van der Waals surface area contributed by atoms with Gasteiger partial charge in [0, 0.05) is 10.3 Å². The molecule has 0 aromatic heterocycles. The van der Waals surface area contributed by atoms with E-state index in [0.717, 1.165) is 5.82 Å². The van der Waals surface area contributed by atoms with Crippen molar-refractivity contribution in [2.75, 3.05) is 11.6 Å². The first-order valence-corrected chi connectivity index (χ1v) is 4.94. The molecule has 1 aromatic carbocycles. The topological polar surface area (TPSA) is 28.0 Å². The van der Waals surface area contributed by atoms with Gasteiger partial charge < -0.3 is 4.90 Å². The summed E-state index contributed by atoms with van der Waals surface area (Å²) >= 11 is 1.71. The Bertz CT molecular complexity index is 411. The average molecular weight is 189 g/mol. The molecule has 3 rings (SSSR count). The van der Waals surface area contributed by atoms with Crippen molar-refractivity contribution in [2.45, 2.75) is 4.90 Å². The van der Waals surface area contributed by atoms with Gasteiger partial charge in [0.2, 0.25) is 0 Å². The number of fused-ring (bicyclic) bond motifs is 3. The smallest absolute Gasteiger partial charge is 0.163 e. The van der Waals surface area contributed by atoms with E-state index in [2.05, 4.69) is 33.3 Å². The summed E-state index contributed by atoms with van der Waals surface area (Å²) in [4.78, 5) is 3.39. The highest BCUT2D eigenvalue weighted by Crippen LogP contribution is 2.40. The normalized spacial score (nSPS) is 18.2. The van der Waals surface area contributed by atoms with Crippen LogP contribution in [0.1, 0.15) is 0 Å². The van der Waals surface area contributed by atoms with E-state index in [4.69, 9.17) is 0 Å². The maximum absolute atomic E-state index is 4.05. The van der Waals surface area contributed by atoms with Crippen LogP contribution in [0.5, 0.6) is 0 Å². The summed E-state index contributed by atoms with van der Waals surface area (Å²) in [5.74, 6) is 0.962. The van der Waals surface area contributed by atoms with E-state index in [1.165, 1.54) is 10.6 Å². The fourth-order valence-corrected chi connectivity index (χ4v) is 2.34. The lowest BCUT2D eigenvalue weighted by atomic mass is 10.3. The maximum atomic E-state index is 4.05. The van der Waals surface area contributed by atoms with Gasteiger partial charge in [0.25, 0.3) is 0 Å². The fraction of sp³-hybridized carbons (Fsp3) is 0.111. The minimum atomic E-state index is 0.656. The molecule has 2 aliphatic heterocycles. The fourth-order valence-electron chi connectivity index (χ4n) is 1.48. The Balaban J connectivity index is 2.14. The van der Waals surface area contributed by atoms with Crippen LogP contribution in [0.15, 0.2) is 50.6 Å². The van der Waals surface area contributed by atoms with Gasteiger partial charge in [0.05, 0.1) is 5.69 Å². The summed E-state index contributed by atoms with van der Waals surface area (Å²) in [6.45, 7) is 0.656. The Hall–Kier alpha value is -1.29. The SMILES string of the molecule is C1=C2N=NCN2c2ccccc2S1. The van der Waals surface area contributed by atoms with Gasteiger partial charge >= 0.3 is 0 Å². The van der Waals surface area contributed by atoms with Gasteiger partial charge in [-0.3, -0.25) is 0 Å². The standard InChI is InChI=1S/C9H7N3S/c1-2-4-8-7(3-1)12-6-10-11-9(12)5-13-8/h1-5H,6H2. The molecule has 13 heavy (non-hydrogen) atoms. The molecule has 0 saturated heterocycles. The number of thioether (sulfide) groups is 1. The van der Waals surface area contributed by atoms with Gasteiger partial charge in [-0.1, -0.05) is 23.9 Å². The van der Waals surface area contributed by atoms with Crippen molar-refractivity contribution in [3.8, 4) is 0 Å². The summed E-state index contributed by atoms with van der Waals surface area (Å²) in [5, 5.41) is 10.1. The number of anilines is 1. The highest BCUT2D eigenvalue weighted by Gasteiger charge is 2.22. The molecule has 0 unspecified atom stereocenters. The number of benzene rings is 1. The maximum Gasteiger partial charge on any atom is 0.163 e. The molecule has 0 radical (unpaired) electrons. The Kier molecular flexibility index (Phi) is 1.43. The summed E-state index contributed by atoms with van der Waals surface area (Å²) < 4.78 is 0. The van der Waals surface area contributed by atoms with Crippen LogP contribution in [-0.4, -0.2) is 6.67 Å². The molecule has 0 amide bonds. The third-order valence-corrected chi connectivity index (χ3v) is 3.03. The van der Waals surface area contributed by atoms with Gasteiger partial charge in [0.1, 0.15) is 6.67 Å². The second-order valence-corrected chi connectivity index (χ2v) is 3.78. The van der Waals surface area contributed by atoms with Crippen molar-refractivity contribution < 1.29 is 0 Å². The number of nitrogens with zero attached hydrogens (tertiary/aromatic N) is 3. The lowest BCUT2D eigenvalue weighted by Gasteiger charge is -2.22. The van der Waals surface area contributed by atoms with Crippen LogP contribution in [0.3, 0.4) is 0 Å². The monoisotopic (exact) mass is 189 g/mol. The molecule has 2 heterocycles. The Morgan fingerprint density at radius 2 is 2.23 bits per heavy atom. The van der Waals surface area contributed by atoms with Crippen molar-refractivity contribution >= 4 is 17.4 Å². The molecule has 4 heteroatoms. The van der Waals surface area contributed by atoms with E-state index in [9.17, 15) is 0 Å². The highest BCUT2D eigenvalue weighted by molar-refractivity contribution is 8.02. The largest absolute Gasteiger partial charge is 0.301 e. The van der Waals surface area contributed by atoms with E-state index in [-0.39, 0.29) is 0 Å². The number of azo groups is 1. The summed E-state index contributed by atoms with van der Waals surface area (Å²) in [6, 6.07) is 8.31. The molecular weight excluding hydrogens is 182 g/mol. The first-order chi connectivity index (χ1) is 6.45. The number of hydrogen-bond acceptors (Lipinski definition) is 4. The molecule has 0 aliphatic carbocycles. The second-order valence-electron chi connectivity index (χ2n) is 2.87. The van der Waals surface area contributed by atoms with Crippen LogP contribution >= 0.6 is 11.8 Å². The van der Waals surface area contributed by atoms with Crippen LogP contribution in [0.25, 0.3) is 0 Å². The van der Waals surface area contributed by atoms with E-state index in [0.29, 0.717) is 6.67 Å². The number of rotatable bonds is 0. The molecule has 1 aromatic rings. The minimum absolute atomic E-state index is 0.656. The molecule has 3 nitrogen and oxygen atoms in total. The van der Waals surface area contributed by atoms with Crippen LogP contribution in [0.2, 0.25) is 0 Å². The molecule has 0 N–H and O–H groups in total. The van der Waals surface area contributed by atoms with Crippen LogP contribution in [-0.2, 0) is 0 Å². The van der Waals surface area contributed by atoms with Crippen molar-refractivity contribution in [3.05, 3.63) is 35.5 Å². The first kappa shape index (κ1) is 7.15. The predicted molar refractivity (Wildman–Crippen MR) is 52.6 cm³/mol. The molecule has 0 atom stereocenters. The first-order valence-electron chi connectivity index (χ1n) is 4.06. The zero-order chi connectivity index (χ0) is 8.67. The summed E-state index contributed by atoms with van der Waals surface area (Å²) in [6.07, 6.45) is 0. The van der Waals surface area contributed by atoms with E-state index in [1.54, 1.807) is 11.8 Å². The van der Waals surface area contributed by atoms with Crippen LogP contribution < -0.4 is 4.90 Å². The quantitative estimate of drug-likeness (QED) is 0.627. The van der Waals surface area contributed by atoms with Gasteiger partial charge in [0.15, 0.2) is 5.82 Å². The van der Waals surface area contributed by atoms with Crippen molar-refractivity contribution in [3.63, 3.8) is 0 Å². The van der Waals surface area contributed by atoms with Gasteiger partial charge in [-0.2, -0.15) is 5.11 Å². The van der Waals surface area contributed by atoms with Crippen molar-refractivity contribution in [1.29, 1.82) is 0 Å². The number of hydrogen-bond donors (Lipinski definition) is 0. The Morgan fingerprint density at radius 3 is 3.23 bits per heavy atom. The van der Waals surface area contributed by atoms with Gasteiger partial charge in [-0.05, 0) is 12.1 Å². The predicted octanol–water partition coefficient (Wildman–Crippen LogP) is 2.82. The molecular formula is C9H7N3S. The highest BCUT2D eigenvalue weighted by atomic mass is 32.2. The van der Waals surface area contributed by atoms with E-state index in [1.807, 2.05) is 11.5 Å². The van der Waals surface area contributed by atoms with Crippen molar-refractivity contribution in [2.24, 2.45) is 10.2 Å². The molecule has 0 bridgehead atoms. The zero-order valence-corrected chi connectivity index (χ0v) is 7.66.